The van der Waals surface area contributed by atoms with E-state index >= 15 is 0 Å². The number of hydrogen-bond acceptors (Lipinski definition) is 7. The number of ether oxygens (including phenoxy) is 2. The lowest BCUT2D eigenvalue weighted by atomic mass is 10.2. The Kier molecular flexibility index (Phi) is 8.52. The number of rotatable bonds is 9. The van der Waals surface area contributed by atoms with Gasteiger partial charge >= 0.3 is 5.97 Å². The quantitative estimate of drug-likeness (QED) is 0.253. The number of esters is 1. The Bertz CT molecular complexity index is 1110. The van der Waals surface area contributed by atoms with Crippen molar-refractivity contribution in [3.8, 4) is 5.75 Å². The molecule has 9 heteroatoms. The molecule has 0 aliphatic carbocycles. The maximum atomic E-state index is 12.5. The van der Waals surface area contributed by atoms with Crippen LogP contribution in [0.15, 0.2) is 42.5 Å². The van der Waals surface area contributed by atoms with Crippen LogP contribution in [0, 0.1) is 0 Å². The molecule has 1 heterocycles. The lowest BCUT2D eigenvalue weighted by molar-refractivity contribution is 0.0500. The van der Waals surface area contributed by atoms with Crippen molar-refractivity contribution in [1.29, 1.82) is 0 Å². The molecule has 1 amide bonds. The van der Waals surface area contributed by atoms with E-state index in [-0.39, 0.29) is 17.0 Å². The SMILES string of the molecule is CCCCOC(=O)c1ccc2nc(NC(=S)NC(=O)c3cccc(OCCC)c3)sc2c1. The molecule has 32 heavy (non-hydrogen) atoms. The number of thiocarbonyl (C=S) groups is 1. The van der Waals surface area contributed by atoms with Crippen molar-refractivity contribution in [2.45, 2.75) is 33.1 Å². The summed E-state index contributed by atoms with van der Waals surface area (Å²) in [5.74, 6) is -0.0626. The van der Waals surface area contributed by atoms with E-state index in [1.165, 1.54) is 11.3 Å². The average molecular weight is 472 g/mol. The van der Waals surface area contributed by atoms with Gasteiger partial charge < -0.3 is 14.8 Å². The van der Waals surface area contributed by atoms with E-state index in [9.17, 15) is 9.59 Å². The number of thiazole rings is 1. The predicted molar refractivity (Wildman–Crippen MR) is 131 cm³/mol. The lowest BCUT2D eigenvalue weighted by Crippen LogP contribution is -2.34. The number of benzene rings is 2. The Morgan fingerprint density at radius 3 is 2.69 bits per heavy atom. The van der Waals surface area contributed by atoms with Crippen LogP contribution in [0.1, 0.15) is 53.8 Å². The molecule has 2 aromatic carbocycles. The molecule has 0 saturated carbocycles. The maximum absolute atomic E-state index is 12.5. The molecule has 0 radical (unpaired) electrons. The number of carbonyl (C=O) groups excluding carboxylic acids is 2. The zero-order valence-electron chi connectivity index (χ0n) is 18.0. The van der Waals surface area contributed by atoms with Gasteiger partial charge in [-0.05, 0) is 61.5 Å². The second-order valence-electron chi connectivity index (χ2n) is 6.98. The molecule has 0 saturated heterocycles. The van der Waals surface area contributed by atoms with Crippen molar-refractivity contribution >= 4 is 55.9 Å². The Balaban J connectivity index is 1.61. The van der Waals surface area contributed by atoms with Crippen LogP contribution in [0.25, 0.3) is 10.2 Å². The standard InChI is InChI=1S/C23H25N3O4S2/c1-3-5-12-30-21(28)16-9-10-18-19(14-16)32-23(24-18)26-22(31)25-20(27)15-7-6-8-17(13-15)29-11-4-2/h6-10,13-14H,3-5,11-12H2,1-2H3,(H2,24,25,26,27,31). The fourth-order valence-electron chi connectivity index (χ4n) is 2.75. The van der Waals surface area contributed by atoms with Gasteiger partial charge in [-0.2, -0.15) is 0 Å². The molecule has 2 N–H and O–H groups in total. The normalized spacial score (nSPS) is 10.6. The van der Waals surface area contributed by atoms with Crippen molar-refractivity contribution < 1.29 is 19.1 Å². The van der Waals surface area contributed by atoms with E-state index in [0.29, 0.717) is 35.2 Å². The number of carbonyl (C=O) groups is 2. The zero-order valence-corrected chi connectivity index (χ0v) is 19.6. The van der Waals surface area contributed by atoms with Gasteiger partial charge in [-0.15, -0.1) is 0 Å². The van der Waals surface area contributed by atoms with Crippen LogP contribution < -0.4 is 15.4 Å². The predicted octanol–water partition coefficient (Wildman–Crippen LogP) is 5.17. The highest BCUT2D eigenvalue weighted by Gasteiger charge is 2.13. The lowest BCUT2D eigenvalue weighted by Gasteiger charge is -2.09. The number of fused-ring (bicyclic) bond motifs is 1. The first-order valence-electron chi connectivity index (χ1n) is 10.4. The van der Waals surface area contributed by atoms with Gasteiger partial charge in [-0.3, -0.25) is 10.1 Å². The molecular weight excluding hydrogens is 446 g/mol. The number of nitrogens with zero attached hydrogens (tertiary/aromatic N) is 1. The van der Waals surface area contributed by atoms with Crippen molar-refractivity contribution in [3.63, 3.8) is 0 Å². The van der Waals surface area contributed by atoms with E-state index in [1.807, 2.05) is 13.8 Å². The van der Waals surface area contributed by atoms with E-state index < -0.39 is 0 Å². The molecule has 1 aromatic heterocycles. The van der Waals surface area contributed by atoms with Crippen molar-refractivity contribution in [1.82, 2.24) is 10.3 Å². The van der Waals surface area contributed by atoms with Gasteiger partial charge in [0, 0.05) is 5.56 Å². The number of aromatic nitrogens is 1. The third-order valence-corrected chi connectivity index (χ3v) is 5.51. The highest BCUT2D eigenvalue weighted by Crippen LogP contribution is 2.27. The van der Waals surface area contributed by atoms with Crippen molar-refractivity contribution in [2.75, 3.05) is 18.5 Å². The summed E-state index contributed by atoms with van der Waals surface area (Å²) >= 11 is 6.60. The van der Waals surface area contributed by atoms with Crippen LogP contribution >= 0.6 is 23.6 Å². The summed E-state index contributed by atoms with van der Waals surface area (Å²) in [7, 11) is 0. The Morgan fingerprint density at radius 2 is 1.91 bits per heavy atom. The molecule has 168 valence electrons. The summed E-state index contributed by atoms with van der Waals surface area (Å²) < 4.78 is 11.6. The van der Waals surface area contributed by atoms with E-state index in [1.54, 1.807) is 42.5 Å². The molecule has 0 aliphatic heterocycles. The maximum Gasteiger partial charge on any atom is 0.338 e. The molecule has 3 aromatic rings. The van der Waals surface area contributed by atoms with Crippen LogP contribution in [0.5, 0.6) is 5.75 Å². The van der Waals surface area contributed by atoms with E-state index in [2.05, 4.69) is 15.6 Å². The Hall–Kier alpha value is -3.04. The Labute approximate surface area is 196 Å². The third-order valence-electron chi connectivity index (χ3n) is 4.37. The van der Waals surface area contributed by atoms with Gasteiger partial charge in [-0.1, -0.05) is 37.7 Å². The molecule has 0 aliphatic rings. The van der Waals surface area contributed by atoms with Gasteiger partial charge in [0.05, 0.1) is 29.0 Å². The highest BCUT2D eigenvalue weighted by atomic mass is 32.1. The fourth-order valence-corrected chi connectivity index (χ4v) is 3.91. The minimum absolute atomic E-state index is 0.133. The number of amides is 1. The number of hydrogen-bond donors (Lipinski definition) is 2. The smallest absolute Gasteiger partial charge is 0.338 e. The summed E-state index contributed by atoms with van der Waals surface area (Å²) in [6, 6.07) is 12.1. The van der Waals surface area contributed by atoms with Gasteiger partial charge in [0.1, 0.15) is 5.75 Å². The van der Waals surface area contributed by atoms with Crippen LogP contribution in [-0.4, -0.2) is 35.2 Å². The van der Waals surface area contributed by atoms with Gasteiger partial charge in [0.25, 0.3) is 5.91 Å². The van der Waals surface area contributed by atoms with Gasteiger partial charge in [-0.25, -0.2) is 9.78 Å². The minimum Gasteiger partial charge on any atom is -0.494 e. The first-order chi connectivity index (χ1) is 15.5. The number of unbranched alkanes of at least 4 members (excludes halogenated alkanes) is 1. The third kappa shape index (κ3) is 6.48. The second-order valence-corrected chi connectivity index (χ2v) is 8.41. The largest absolute Gasteiger partial charge is 0.494 e. The molecule has 0 bridgehead atoms. The van der Waals surface area contributed by atoms with Gasteiger partial charge in [0.15, 0.2) is 10.2 Å². The molecule has 0 atom stereocenters. The van der Waals surface area contributed by atoms with Crippen LogP contribution in [0.2, 0.25) is 0 Å². The Morgan fingerprint density at radius 1 is 1.06 bits per heavy atom. The highest BCUT2D eigenvalue weighted by molar-refractivity contribution is 7.80. The van der Waals surface area contributed by atoms with Crippen molar-refractivity contribution in [2.24, 2.45) is 0 Å². The number of nitrogens with one attached hydrogen (secondary N) is 2. The van der Waals surface area contributed by atoms with E-state index in [0.717, 1.165) is 29.5 Å². The van der Waals surface area contributed by atoms with Crippen LogP contribution in [0.3, 0.4) is 0 Å². The summed E-state index contributed by atoms with van der Waals surface area (Å²) in [5.41, 5.74) is 1.64. The summed E-state index contributed by atoms with van der Waals surface area (Å²) in [4.78, 5) is 29.1. The summed E-state index contributed by atoms with van der Waals surface area (Å²) in [5, 5.41) is 6.23. The molecule has 0 unspecified atom stereocenters. The van der Waals surface area contributed by atoms with Crippen LogP contribution in [0.4, 0.5) is 5.13 Å². The van der Waals surface area contributed by atoms with Crippen LogP contribution in [-0.2, 0) is 4.74 Å². The molecule has 3 rings (SSSR count). The monoisotopic (exact) mass is 471 g/mol. The van der Waals surface area contributed by atoms with Gasteiger partial charge in [0.2, 0.25) is 0 Å². The van der Waals surface area contributed by atoms with Crippen molar-refractivity contribution in [3.05, 3.63) is 53.6 Å². The minimum atomic E-state index is -0.351. The first kappa shape index (κ1) is 23.6. The molecule has 0 fully saturated rings. The molecule has 0 spiro atoms. The second kappa shape index (κ2) is 11.5. The van der Waals surface area contributed by atoms with E-state index in [4.69, 9.17) is 21.7 Å². The first-order valence-corrected chi connectivity index (χ1v) is 11.7. The number of anilines is 1. The average Bonchev–Trinajstić information content (AvgIpc) is 3.19. The summed E-state index contributed by atoms with van der Waals surface area (Å²) in [6.07, 6.45) is 2.68. The topological polar surface area (TPSA) is 89.5 Å². The molecular formula is C23H25N3O4S2. The summed E-state index contributed by atoms with van der Waals surface area (Å²) in [6.45, 7) is 5.05. The molecule has 7 nitrogen and oxygen atoms in total. The fraction of sp³-hybridized carbons (Fsp3) is 0.304. The zero-order chi connectivity index (χ0) is 22.9.